The Morgan fingerprint density at radius 1 is 1.20 bits per heavy atom. The molecule has 1 aliphatic heterocycles. The van der Waals surface area contributed by atoms with Crippen LogP contribution in [-0.2, 0) is 11.3 Å². The van der Waals surface area contributed by atoms with Gasteiger partial charge in [0, 0.05) is 23.7 Å². The molecule has 1 heterocycles. The molecule has 1 atom stereocenters. The van der Waals surface area contributed by atoms with E-state index in [0.29, 0.717) is 34.5 Å². The Morgan fingerprint density at radius 3 is 2.68 bits per heavy atom. The van der Waals surface area contributed by atoms with Crippen molar-refractivity contribution in [3.63, 3.8) is 0 Å². The highest BCUT2D eigenvalue weighted by molar-refractivity contribution is 6.35. The third-order valence-corrected chi connectivity index (χ3v) is 4.55. The summed E-state index contributed by atoms with van der Waals surface area (Å²) in [5.41, 5.74) is 1.56. The molecule has 2 aromatic carbocycles. The van der Waals surface area contributed by atoms with Gasteiger partial charge in [0.2, 0.25) is 0 Å². The van der Waals surface area contributed by atoms with Gasteiger partial charge in [0.05, 0.1) is 11.1 Å². The predicted molar refractivity (Wildman–Crippen MR) is 98.5 cm³/mol. The summed E-state index contributed by atoms with van der Waals surface area (Å²) < 4.78 is 11.2. The average molecular weight is 380 g/mol. The van der Waals surface area contributed by atoms with E-state index < -0.39 is 0 Å². The molecular weight excluding hydrogens is 361 g/mol. The van der Waals surface area contributed by atoms with Crippen molar-refractivity contribution in [3.8, 4) is 5.75 Å². The lowest BCUT2D eigenvalue weighted by atomic mass is 10.1. The molecule has 0 spiro atoms. The Kier molecular flexibility index (Phi) is 6.19. The van der Waals surface area contributed by atoms with Gasteiger partial charge < -0.3 is 14.8 Å². The third-order valence-electron chi connectivity index (χ3n) is 4.02. The number of carbonyl (C=O) groups is 1. The van der Waals surface area contributed by atoms with E-state index in [4.69, 9.17) is 32.7 Å². The van der Waals surface area contributed by atoms with E-state index in [1.54, 1.807) is 30.3 Å². The molecule has 0 saturated carbocycles. The highest BCUT2D eigenvalue weighted by Crippen LogP contribution is 2.28. The number of carbonyl (C=O) groups excluding carboxylic acids is 1. The first-order valence-corrected chi connectivity index (χ1v) is 8.94. The van der Waals surface area contributed by atoms with Gasteiger partial charge in [0.25, 0.3) is 5.91 Å². The third kappa shape index (κ3) is 5.11. The van der Waals surface area contributed by atoms with Crippen LogP contribution in [-0.4, -0.2) is 25.2 Å². The van der Waals surface area contributed by atoms with Gasteiger partial charge in [-0.25, -0.2) is 0 Å². The highest BCUT2D eigenvalue weighted by atomic mass is 35.5. The summed E-state index contributed by atoms with van der Waals surface area (Å²) >= 11 is 11.9. The summed E-state index contributed by atoms with van der Waals surface area (Å²) in [5, 5.41) is 3.94. The molecule has 0 aromatic heterocycles. The van der Waals surface area contributed by atoms with Crippen LogP contribution < -0.4 is 10.1 Å². The first-order valence-electron chi connectivity index (χ1n) is 8.18. The molecule has 0 aliphatic carbocycles. The maximum Gasteiger partial charge on any atom is 0.251 e. The predicted octanol–water partition coefficient (Wildman–Crippen LogP) is 4.48. The largest absolute Gasteiger partial charge is 0.487 e. The van der Waals surface area contributed by atoms with E-state index in [0.717, 1.165) is 25.0 Å². The summed E-state index contributed by atoms with van der Waals surface area (Å²) in [7, 11) is 0. The van der Waals surface area contributed by atoms with Gasteiger partial charge in [-0.1, -0.05) is 35.3 Å². The topological polar surface area (TPSA) is 47.6 Å². The van der Waals surface area contributed by atoms with Crippen molar-refractivity contribution in [1.82, 2.24) is 5.32 Å². The van der Waals surface area contributed by atoms with Crippen molar-refractivity contribution in [2.75, 3.05) is 13.2 Å². The zero-order valence-electron chi connectivity index (χ0n) is 13.6. The van der Waals surface area contributed by atoms with Crippen LogP contribution in [0.4, 0.5) is 0 Å². The quantitative estimate of drug-likeness (QED) is 0.804. The van der Waals surface area contributed by atoms with Gasteiger partial charge in [0.15, 0.2) is 0 Å². The van der Waals surface area contributed by atoms with Gasteiger partial charge in [-0.3, -0.25) is 4.79 Å². The molecule has 4 nitrogen and oxygen atoms in total. The highest BCUT2D eigenvalue weighted by Gasteiger charge is 2.16. The Morgan fingerprint density at radius 2 is 2.00 bits per heavy atom. The number of amides is 1. The minimum Gasteiger partial charge on any atom is -0.487 e. The van der Waals surface area contributed by atoms with Gasteiger partial charge in [0.1, 0.15) is 12.4 Å². The first kappa shape index (κ1) is 18.1. The molecule has 1 N–H and O–H groups in total. The first-order chi connectivity index (χ1) is 12.1. The lowest BCUT2D eigenvalue weighted by molar-refractivity contribution is 0.0857. The maximum absolute atomic E-state index is 12.1. The van der Waals surface area contributed by atoms with Gasteiger partial charge in [-0.05, 0) is 48.7 Å². The summed E-state index contributed by atoms with van der Waals surface area (Å²) in [6.07, 6.45) is 2.21. The van der Waals surface area contributed by atoms with E-state index in [9.17, 15) is 4.79 Å². The Bertz CT molecular complexity index is 728. The standard InChI is InChI=1S/C19H19Cl2NO3/c20-15-7-8-18(17(21)10-15)25-12-13-3-5-14(6-4-13)19(23)22-11-16-2-1-9-24-16/h3-8,10,16H,1-2,9,11-12H2,(H,22,23)/t16-/m0/s1. The van der Waals surface area contributed by atoms with Crippen molar-refractivity contribution < 1.29 is 14.3 Å². The van der Waals surface area contributed by atoms with Gasteiger partial charge in [-0.15, -0.1) is 0 Å². The summed E-state index contributed by atoms with van der Waals surface area (Å²) in [6, 6.07) is 12.4. The Hall–Kier alpha value is -1.75. The molecule has 1 saturated heterocycles. The molecule has 132 valence electrons. The summed E-state index contributed by atoms with van der Waals surface area (Å²) in [4.78, 5) is 12.1. The second-order valence-electron chi connectivity index (χ2n) is 5.91. The zero-order valence-corrected chi connectivity index (χ0v) is 15.1. The van der Waals surface area contributed by atoms with E-state index in [1.165, 1.54) is 0 Å². The monoisotopic (exact) mass is 379 g/mol. The molecule has 2 aromatic rings. The number of hydrogen-bond donors (Lipinski definition) is 1. The molecule has 1 aliphatic rings. The second kappa shape index (κ2) is 8.56. The number of nitrogens with one attached hydrogen (secondary N) is 1. The number of benzene rings is 2. The molecule has 0 bridgehead atoms. The van der Waals surface area contributed by atoms with Crippen molar-refractivity contribution in [1.29, 1.82) is 0 Å². The van der Waals surface area contributed by atoms with E-state index in [2.05, 4.69) is 5.32 Å². The van der Waals surface area contributed by atoms with Crippen LogP contribution in [0.3, 0.4) is 0 Å². The zero-order chi connectivity index (χ0) is 17.6. The molecule has 0 unspecified atom stereocenters. The number of ether oxygens (including phenoxy) is 2. The maximum atomic E-state index is 12.1. The summed E-state index contributed by atoms with van der Waals surface area (Å²) in [5.74, 6) is 0.480. The van der Waals surface area contributed by atoms with Crippen LogP contribution in [0.5, 0.6) is 5.75 Å². The van der Waals surface area contributed by atoms with Crippen LogP contribution in [0, 0.1) is 0 Å². The van der Waals surface area contributed by atoms with E-state index in [-0.39, 0.29) is 12.0 Å². The molecular formula is C19H19Cl2NO3. The number of hydrogen-bond acceptors (Lipinski definition) is 3. The minimum absolute atomic E-state index is 0.0938. The fraction of sp³-hybridized carbons (Fsp3) is 0.316. The minimum atomic E-state index is -0.0938. The number of rotatable bonds is 6. The molecule has 1 amide bonds. The van der Waals surface area contributed by atoms with Crippen molar-refractivity contribution in [2.45, 2.75) is 25.6 Å². The van der Waals surface area contributed by atoms with Gasteiger partial charge >= 0.3 is 0 Å². The lowest BCUT2D eigenvalue weighted by Crippen LogP contribution is -2.31. The van der Waals surface area contributed by atoms with Crippen molar-refractivity contribution >= 4 is 29.1 Å². The molecule has 0 radical (unpaired) electrons. The lowest BCUT2D eigenvalue weighted by Gasteiger charge is -2.11. The van der Waals surface area contributed by atoms with Crippen LogP contribution >= 0.6 is 23.2 Å². The normalized spacial score (nSPS) is 16.6. The molecule has 1 fully saturated rings. The SMILES string of the molecule is O=C(NC[C@@H]1CCCO1)c1ccc(COc2ccc(Cl)cc2Cl)cc1. The molecule has 6 heteroatoms. The molecule has 3 rings (SSSR count). The van der Waals surface area contributed by atoms with E-state index >= 15 is 0 Å². The fourth-order valence-electron chi connectivity index (χ4n) is 2.62. The fourth-order valence-corrected chi connectivity index (χ4v) is 3.08. The smallest absolute Gasteiger partial charge is 0.251 e. The number of halogens is 2. The second-order valence-corrected chi connectivity index (χ2v) is 6.75. The van der Waals surface area contributed by atoms with Gasteiger partial charge in [-0.2, -0.15) is 0 Å². The Labute approximate surface area is 157 Å². The average Bonchev–Trinajstić information content (AvgIpc) is 3.13. The molecule has 25 heavy (non-hydrogen) atoms. The van der Waals surface area contributed by atoms with Crippen molar-refractivity contribution in [2.24, 2.45) is 0 Å². The van der Waals surface area contributed by atoms with Crippen molar-refractivity contribution in [3.05, 3.63) is 63.6 Å². The summed E-state index contributed by atoms with van der Waals surface area (Å²) in [6.45, 7) is 1.70. The van der Waals surface area contributed by atoms with E-state index in [1.807, 2.05) is 12.1 Å². The Balaban J connectivity index is 1.51. The van der Waals surface area contributed by atoms with Crippen LogP contribution in [0.15, 0.2) is 42.5 Å². The van der Waals surface area contributed by atoms with Crippen LogP contribution in [0.2, 0.25) is 10.0 Å². The van der Waals surface area contributed by atoms with Crippen LogP contribution in [0.25, 0.3) is 0 Å². The van der Waals surface area contributed by atoms with Crippen LogP contribution in [0.1, 0.15) is 28.8 Å².